The lowest BCUT2D eigenvalue weighted by Crippen LogP contribution is -2.33. The number of amides is 1. The van der Waals surface area contributed by atoms with E-state index in [0.717, 1.165) is 31.0 Å². The minimum atomic E-state index is -0.314. The minimum Gasteiger partial charge on any atom is -0.504 e. The van der Waals surface area contributed by atoms with Crippen molar-refractivity contribution in [1.29, 1.82) is 0 Å². The summed E-state index contributed by atoms with van der Waals surface area (Å²) in [6.07, 6.45) is 7.33. The zero-order valence-electron chi connectivity index (χ0n) is 17.4. The third-order valence-electron chi connectivity index (χ3n) is 5.59. The van der Waals surface area contributed by atoms with Gasteiger partial charge in [-0.3, -0.25) is 14.7 Å². The van der Waals surface area contributed by atoms with E-state index in [1.54, 1.807) is 30.5 Å². The number of carbonyl (C=O) groups excluding carboxylic acids is 1. The number of aliphatic imine (C=N–C) groups is 1. The molecule has 3 N–H and O–H groups in total. The second kappa shape index (κ2) is 9.66. The number of rotatable bonds is 7. The topological polar surface area (TPSA) is 94.4 Å². The van der Waals surface area contributed by atoms with Crippen LogP contribution in [0.25, 0.3) is 5.57 Å². The molecule has 2 aromatic carbocycles. The highest BCUT2D eigenvalue weighted by Crippen LogP contribution is 2.36. The van der Waals surface area contributed by atoms with Gasteiger partial charge in [-0.15, -0.1) is 0 Å². The average molecular weight is 421 g/mol. The van der Waals surface area contributed by atoms with Gasteiger partial charge < -0.3 is 20.3 Å². The molecule has 0 spiro atoms. The lowest BCUT2D eigenvalue weighted by atomic mass is 10.0. The van der Waals surface area contributed by atoms with E-state index in [-0.39, 0.29) is 17.4 Å². The molecule has 1 fully saturated rings. The van der Waals surface area contributed by atoms with E-state index >= 15 is 0 Å². The lowest BCUT2D eigenvalue weighted by molar-refractivity contribution is 0.102. The molecule has 7 nitrogen and oxygen atoms in total. The molecule has 1 saturated heterocycles. The van der Waals surface area contributed by atoms with Crippen LogP contribution in [-0.4, -0.2) is 60.0 Å². The van der Waals surface area contributed by atoms with Gasteiger partial charge in [0, 0.05) is 30.0 Å². The largest absolute Gasteiger partial charge is 0.504 e. The number of phenolic OH excluding ortho intramolecular Hbond substituents is 2. The highest BCUT2D eigenvalue weighted by Gasteiger charge is 2.17. The van der Waals surface area contributed by atoms with E-state index in [1.807, 2.05) is 6.08 Å². The molecular weight excluding hydrogens is 394 g/mol. The Labute approximate surface area is 181 Å². The molecule has 0 unspecified atom stereocenters. The second-order valence-corrected chi connectivity index (χ2v) is 7.80. The smallest absolute Gasteiger partial charge is 0.255 e. The number of carbonyl (C=O) groups is 1. The maximum Gasteiger partial charge on any atom is 0.255 e. The Bertz CT molecular complexity index is 993. The minimum absolute atomic E-state index is 0.244. The number of nitrogens with one attached hydrogen (secondary N) is 1. The number of allylic oxidation sites excluding steroid dienone is 1. The number of anilines is 1. The van der Waals surface area contributed by atoms with Crippen molar-refractivity contribution in [3.8, 4) is 17.2 Å². The Morgan fingerprint density at radius 1 is 1.06 bits per heavy atom. The van der Waals surface area contributed by atoms with E-state index in [9.17, 15) is 15.0 Å². The first-order valence-electron chi connectivity index (χ1n) is 10.6. The van der Waals surface area contributed by atoms with Gasteiger partial charge in [-0.2, -0.15) is 0 Å². The maximum absolute atomic E-state index is 12.8. The van der Waals surface area contributed by atoms with Crippen molar-refractivity contribution in [2.75, 3.05) is 38.1 Å². The molecule has 7 heteroatoms. The van der Waals surface area contributed by atoms with Gasteiger partial charge in [0.1, 0.15) is 12.4 Å². The molecule has 1 amide bonds. The van der Waals surface area contributed by atoms with Crippen molar-refractivity contribution >= 4 is 23.4 Å². The van der Waals surface area contributed by atoms with E-state index < -0.39 is 0 Å². The molecule has 2 aromatic rings. The number of benzene rings is 2. The van der Waals surface area contributed by atoms with Crippen molar-refractivity contribution in [2.24, 2.45) is 4.99 Å². The third kappa shape index (κ3) is 5.24. The van der Waals surface area contributed by atoms with Crippen LogP contribution in [0, 0.1) is 0 Å². The normalized spacial score (nSPS) is 16.2. The van der Waals surface area contributed by atoms with Crippen molar-refractivity contribution in [3.63, 3.8) is 0 Å². The summed E-state index contributed by atoms with van der Waals surface area (Å²) in [5, 5.41) is 22.6. The van der Waals surface area contributed by atoms with Gasteiger partial charge in [0.2, 0.25) is 0 Å². The van der Waals surface area contributed by atoms with Gasteiger partial charge >= 0.3 is 0 Å². The van der Waals surface area contributed by atoms with E-state index in [4.69, 9.17) is 4.74 Å². The Morgan fingerprint density at radius 3 is 2.52 bits per heavy atom. The van der Waals surface area contributed by atoms with Crippen LogP contribution >= 0.6 is 0 Å². The predicted octanol–water partition coefficient (Wildman–Crippen LogP) is 3.68. The van der Waals surface area contributed by atoms with Crippen molar-refractivity contribution in [2.45, 2.75) is 19.3 Å². The summed E-state index contributed by atoms with van der Waals surface area (Å²) in [6.45, 7) is 4.27. The van der Waals surface area contributed by atoms with Crippen LogP contribution in [0.5, 0.6) is 17.2 Å². The van der Waals surface area contributed by atoms with Gasteiger partial charge in [-0.25, -0.2) is 0 Å². The number of nitrogens with zero attached hydrogens (tertiary/aromatic N) is 2. The van der Waals surface area contributed by atoms with Crippen LogP contribution in [-0.2, 0) is 0 Å². The number of aromatic hydroxyl groups is 2. The first kappa shape index (κ1) is 20.9. The number of phenols is 2. The van der Waals surface area contributed by atoms with Gasteiger partial charge in [0.25, 0.3) is 5.91 Å². The Morgan fingerprint density at radius 2 is 1.81 bits per heavy atom. The number of ether oxygens (including phenoxy) is 1. The van der Waals surface area contributed by atoms with Crippen LogP contribution < -0.4 is 10.1 Å². The molecule has 2 heterocycles. The van der Waals surface area contributed by atoms with E-state index in [2.05, 4.69) is 15.2 Å². The summed E-state index contributed by atoms with van der Waals surface area (Å²) in [4.78, 5) is 19.3. The molecular formula is C24H27N3O4. The molecule has 0 atom stereocenters. The zero-order valence-corrected chi connectivity index (χ0v) is 17.4. The Balaban J connectivity index is 1.38. The fourth-order valence-corrected chi connectivity index (χ4v) is 3.84. The summed E-state index contributed by atoms with van der Waals surface area (Å²) >= 11 is 0. The summed E-state index contributed by atoms with van der Waals surface area (Å²) in [5.41, 5.74) is 2.36. The number of hydrogen-bond donors (Lipinski definition) is 3. The molecule has 0 radical (unpaired) electrons. The summed E-state index contributed by atoms with van der Waals surface area (Å²) in [6, 6.07) is 9.78. The average Bonchev–Trinajstić information content (AvgIpc) is 3.32. The fraction of sp³-hybridized carbons (Fsp3) is 0.333. The first-order chi connectivity index (χ1) is 15.1. The molecule has 0 aliphatic carbocycles. The van der Waals surface area contributed by atoms with Gasteiger partial charge in [-0.1, -0.05) is 6.42 Å². The SMILES string of the molecule is O=C(Nc1cc(O)c(O)cc1C1=CC=NC1)c1ccc(OCCN2CCCCC2)cc1. The molecule has 0 aromatic heterocycles. The highest BCUT2D eigenvalue weighted by molar-refractivity contribution is 6.06. The van der Waals surface area contributed by atoms with Crippen LogP contribution in [0.2, 0.25) is 0 Å². The molecule has 4 rings (SSSR count). The van der Waals surface area contributed by atoms with Gasteiger partial charge in [0.15, 0.2) is 11.5 Å². The second-order valence-electron chi connectivity index (χ2n) is 7.80. The quantitative estimate of drug-likeness (QED) is 0.468. The third-order valence-corrected chi connectivity index (χ3v) is 5.59. The van der Waals surface area contributed by atoms with Crippen LogP contribution in [0.3, 0.4) is 0 Å². The zero-order chi connectivity index (χ0) is 21.6. The standard InChI is InChI=1S/C24H27N3O4/c28-22-14-20(18-8-9-25-16-18)21(15-23(22)29)26-24(30)17-4-6-19(7-5-17)31-13-12-27-10-2-1-3-11-27/h4-9,14-15,28-29H,1-3,10-13,16H2,(H,26,30). The van der Waals surface area contributed by atoms with Crippen LogP contribution in [0.15, 0.2) is 47.5 Å². The van der Waals surface area contributed by atoms with Crippen molar-refractivity contribution < 1.29 is 19.7 Å². The van der Waals surface area contributed by atoms with Crippen LogP contribution in [0.4, 0.5) is 5.69 Å². The predicted molar refractivity (Wildman–Crippen MR) is 121 cm³/mol. The Kier molecular flexibility index (Phi) is 6.52. The monoisotopic (exact) mass is 421 g/mol. The first-order valence-corrected chi connectivity index (χ1v) is 10.6. The molecule has 2 aliphatic rings. The molecule has 2 aliphatic heterocycles. The molecule has 0 saturated carbocycles. The molecule has 31 heavy (non-hydrogen) atoms. The lowest BCUT2D eigenvalue weighted by Gasteiger charge is -2.26. The van der Waals surface area contributed by atoms with E-state index in [1.165, 1.54) is 31.4 Å². The van der Waals surface area contributed by atoms with Crippen LogP contribution in [0.1, 0.15) is 35.2 Å². The molecule has 0 bridgehead atoms. The summed E-state index contributed by atoms with van der Waals surface area (Å²) in [5.74, 6) is -0.126. The number of likely N-dealkylation sites (tertiary alicyclic amines) is 1. The fourth-order valence-electron chi connectivity index (χ4n) is 3.84. The Hall–Kier alpha value is -3.32. The van der Waals surface area contributed by atoms with Crippen molar-refractivity contribution in [3.05, 3.63) is 53.6 Å². The number of hydrogen-bond acceptors (Lipinski definition) is 6. The van der Waals surface area contributed by atoms with Crippen molar-refractivity contribution in [1.82, 2.24) is 4.90 Å². The summed E-state index contributed by atoms with van der Waals surface area (Å²) in [7, 11) is 0. The van der Waals surface area contributed by atoms with E-state index in [0.29, 0.717) is 30.0 Å². The highest BCUT2D eigenvalue weighted by atomic mass is 16.5. The molecule has 162 valence electrons. The summed E-state index contributed by atoms with van der Waals surface area (Å²) < 4.78 is 5.82. The number of piperidine rings is 1. The van der Waals surface area contributed by atoms with Gasteiger partial charge in [0.05, 0.1) is 12.2 Å². The maximum atomic E-state index is 12.8. The van der Waals surface area contributed by atoms with Gasteiger partial charge in [-0.05, 0) is 67.9 Å².